The van der Waals surface area contributed by atoms with Gasteiger partial charge in [0.1, 0.15) is 0 Å². The van der Waals surface area contributed by atoms with Crippen molar-refractivity contribution in [2.45, 2.75) is 53.6 Å². The number of fused-ring (bicyclic) bond motifs is 1. The van der Waals surface area contributed by atoms with Crippen LogP contribution >= 0.6 is 0 Å². The van der Waals surface area contributed by atoms with Crippen molar-refractivity contribution in [3.63, 3.8) is 0 Å². The van der Waals surface area contributed by atoms with E-state index in [1.165, 1.54) is 22.2 Å². The summed E-state index contributed by atoms with van der Waals surface area (Å²) < 4.78 is 0. The number of hydrogen-bond acceptors (Lipinski definition) is 1. The van der Waals surface area contributed by atoms with Gasteiger partial charge in [0.05, 0.1) is 5.52 Å². The zero-order valence-corrected chi connectivity index (χ0v) is 13.6. The predicted molar refractivity (Wildman–Crippen MR) is 87.6 cm³/mol. The van der Waals surface area contributed by atoms with Crippen LogP contribution in [0.2, 0.25) is 0 Å². The Morgan fingerprint density at radius 3 is 2.67 bits per heavy atom. The smallest absolute Gasteiger partial charge is 0.315 e. The van der Waals surface area contributed by atoms with Crippen LogP contribution in [0.1, 0.15) is 42.7 Å². The van der Waals surface area contributed by atoms with Crippen molar-refractivity contribution in [1.82, 2.24) is 15.6 Å². The number of aromatic amines is 1. The van der Waals surface area contributed by atoms with Crippen LogP contribution in [-0.4, -0.2) is 17.1 Å². The average molecular weight is 287 g/mol. The van der Waals surface area contributed by atoms with Gasteiger partial charge in [-0.1, -0.05) is 18.6 Å². The molecule has 3 N–H and O–H groups in total. The van der Waals surface area contributed by atoms with Crippen molar-refractivity contribution in [2.24, 2.45) is 0 Å². The van der Waals surface area contributed by atoms with Crippen LogP contribution in [0.4, 0.5) is 4.79 Å². The van der Waals surface area contributed by atoms with Gasteiger partial charge in [0.15, 0.2) is 0 Å². The van der Waals surface area contributed by atoms with E-state index in [4.69, 9.17) is 0 Å². The van der Waals surface area contributed by atoms with E-state index >= 15 is 0 Å². The molecule has 4 heteroatoms. The highest BCUT2D eigenvalue weighted by molar-refractivity contribution is 5.88. The Balaban J connectivity index is 2.19. The highest BCUT2D eigenvalue weighted by atomic mass is 16.2. The SMILES string of the molecule is CCC(C)NC(=O)NCc1cc(C)cc2c(C)c(C)[nH]c12. The topological polar surface area (TPSA) is 56.9 Å². The zero-order valence-electron chi connectivity index (χ0n) is 13.6. The summed E-state index contributed by atoms with van der Waals surface area (Å²) in [4.78, 5) is 15.3. The van der Waals surface area contributed by atoms with Crippen LogP contribution in [0.3, 0.4) is 0 Å². The minimum absolute atomic E-state index is 0.112. The Morgan fingerprint density at radius 2 is 2.00 bits per heavy atom. The number of carbonyl (C=O) groups is 1. The molecule has 0 aliphatic carbocycles. The summed E-state index contributed by atoms with van der Waals surface area (Å²) in [6, 6.07) is 4.40. The number of urea groups is 1. The van der Waals surface area contributed by atoms with Crippen molar-refractivity contribution in [2.75, 3.05) is 0 Å². The molecule has 0 aliphatic rings. The summed E-state index contributed by atoms with van der Waals surface area (Å²) in [6.45, 7) is 10.9. The monoisotopic (exact) mass is 287 g/mol. The van der Waals surface area contributed by atoms with E-state index in [0.717, 1.165) is 17.5 Å². The van der Waals surface area contributed by atoms with E-state index in [1.54, 1.807) is 0 Å². The second kappa shape index (κ2) is 6.20. The lowest BCUT2D eigenvalue weighted by Gasteiger charge is -2.13. The van der Waals surface area contributed by atoms with Crippen molar-refractivity contribution < 1.29 is 4.79 Å². The maximum Gasteiger partial charge on any atom is 0.315 e. The van der Waals surface area contributed by atoms with Gasteiger partial charge in [-0.15, -0.1) is 0 Å². The summed E-state index contributed by atoms with van der Waals surface area (Å²) in [5, 5.41) is 7.10. The number of aryl methyl sites for hydroxylation is 3. The molecule has 0 bridgehead atoms. The van der Waals surface area contributed by atoms with Gasteiger partial charge in [-0.2, -0.15) is 0 Å². The van der Waals surface area contributed by atoms with Crippen LogP contribution in [0.15, 0.2) is 12.1 Å². The maximum atomic E-state index is 11.8. The molecule has 1 atom stereocenters. The quantitative estimate of drug-likeness (QED) is 0.789. The maximum absolute atomic E-state index is 11.8. The number of aromatic nitrogens is 1. The lowest BCUT2D eigenvalue weighted by molar-refractivity contribution is 0.237. The lowest BCUT2D eigenvalue weighted by atomic mass is 10.0. The first-order chi connectivity index (χ1) is 9.92. The fourth-order valence-electron chi connectivity index (χ4n) is 2.48. The minimum Gasteiger partial charge on any atom is -0.358 e. The summed E-state index contributed by atoms with van der Waals surface area (Å²) >= 11 is 0. The molecule has 0 fully saturated rings. The first-order valence-corrected chi connectivity index (χ1v) is 7.55. The molecule has 1 unspecified atom stereocenters. The molecule has 1 heterocycles. The third-order valence-electron chi connectivity index (χ3n) is 4.07. The Labute approximate surface area is 126 Å². The van der Waals surface area contributed by atoms with Gasteiger partial charge in [0.2, 0.25) is 0 Å². The highest BCUT2D eigenvalue weighted by Crippen LogP contribution is 2.25. The van der Waals surface area contributed by atoms with Gasteiger partial charge >= 0.3 is 6.03 Å². The molecule has 2 amide bonds. The molecule has 4 nitrogen and oxygen atoms in total. The lowest BCUT2D eigenvalue weighted by Crippen LogP contribution is -2.40. The molecule has 0 radical (unpaired) electrons. The number of amides is 2. The van der Waals surface area contributed by atoms with E-state index in [1.807, 2.05) is 6.92 Å². The zero-order chi connectivity index (χ0) is 15.6. The number of hydrogen-bond donors (Lipinski definition) is 3. The number of nitrogens with one attached hydrogen (secondary N) is 3. The number of benzene rings is 1. The van der Waals surface area contributed by atoms with Gasteiger partial charge < -0.3 is 15.6 Å². The van der Waals surface area contributed by atoms with Gasteiger partial charge in [0.25, 0.3) is 0 Å². The Kier molecular flexibility index (Phi) is 4.56. The Morgan fingerprint density at radius 1 is 1.29 bits per heavy atom. The summed E-state index contributed by atoms with van der Waals surface area (Å²) in [6.07, 6.45) is 0.928. The van der Waals surface area contributed by atoms with Crippen molar-refractivity contribution >= 4 is 16.9 Å². The first kappa shape index (κ1) is 15.4. The summed E-state index contributed by atoms with van der Waals surface area (Å²) in [5.74, 6) is 0. The van der Waals surface area contributed by atoms with Gasteiger partial charge in [-0.3, -0.25) is 0 Å². The fourth-order valence-corrected chi connectivity index (χ4v) is 2.48. The molecule has 0 saturated heterocycles. The van der Waals surface area contributed by atoms with E-state index in [0.29, 0.717) is 6.54 Å². The van der Waals surface area contributed by atoms with Crippen molar-refractivity contribution in [3.8, 4) is 0 Å². The normalized spacial score (nSPS) is 12.4. The Bertz CT molecular complexity index is 658. The van der Waals surface area contributed by atoms with E-state index in [-0.39, 0.29) is 12.1 Å². The number of rotatable bonds is 4. The van der Waals surface area contributed by atoms with E-state index in [9.17, 15) is 4.79 Å². The molecule has 2 aromatic rings. The molecule has 21 heavy (non-hydrogen) atoms. The third kappa shape index (κ3) is 3.38. The molecule has 0 saturated carbocycles. The largest absolute Gasteiger partial charge is 0.358 e. The summed E-state index contributed by atoms with van der Waals surface area (Å²) in [5.41, 5.74) is 5.92. The van der Waals surface area contributed by atoms with Crippen LogP contribution < -0.4 is 10.6 Å². The molecule has 0 aliphatic heterocycles. The standard InChI is InChI=1S/C17H25N3O/c1-6-11(3)19-17(21)18-9-14-7-10(2)8-15-12(4)13(5)20-16(14)15/h7-8,11,20H,6,9H2,1-5H3,(H2,18,19,21). The highest BCUT2D eigenvalue weighted by Gasteiger charge is 2.11. The number of carbonyl (C=O) groups excluding carboxylic acids is 1. The second-order valence-corrected chi connectivity index (χ2v) is 5.86. The molecular formula is C17H25N3O. The van der Waals surface area contributed by atoms with E-state index < -0.39 is 0 Å². The van der Waals surface area contributed by atoms with Crippen LogP contribution in [0.5, 0.6) is 0 Å². The molecule has 1 aromatic carbocycles. The minimum atomic E-state index is -0.112. The van der Waals surface area contributed by atoms with Gasteiger partial charge in [-0.05, 0) is 51.3 Å². The van der Waals surface area contributed by atoms with Crippen LogP contribution in [-0.2, 0) is 6.54 Å². The molecule has 2 rings (SSSR count). The first-order valence-electron chi connectivity index (χ1n) is 7.55. The predicted octanol–water partition coefficient (Wildman–Crippen LogP) is 3.69. The molecule has 114 valence electrons. The third-order valence-corrected chi connectivity index (χ3v) is 4.07. The van der Waals surface area contributed by atoms with Crippen molar-refractivity contribution in [1.29, 1.82) is 0 Å². The van der Waals surface area contributed by atoms with Crippen LogP contribution in [0, 0.1) is 20.8 Å². The second-order valence-electron chi connectivity index (χ2n) is 5.86. The molecule has 1 aromatic heterocycles. The average Bonchev–Trinajstić information content (AvgIpc) is 2.72. The summed E-state index contributed by atoms with van der Waals surface area (Å²) in [7, 11) is 0. The van der Waals surface area contributed by atoms with Gasteiger partial charge in [-0.25, -0.2) is 4.79 Å². The Hall–Kier alpha value is -1.97. The van der Waals surface area contributed by atoms with E-state index in [2.05, 4.69) is 55.4 Å². The van der Waals surface area contributed by atoms with Crippen molar-refractivity contribution in [3.05, 3.63) is 34.5 Å². The molecular weight excluding hydrogens is 262 g/mol. The van der Waals surface area contributed by atoms with Gasteiger partial charge in [0, 0.05) is 23.7 Å². The molecule has 0 spiro atoms. The fraction of sp³-hybridized carbons (Fsp3) is 0.471. The number of H-pyrrole nitrogens is 1. The van der Waals surface area contributed by atoms with Crippen LogP contribution in [0.25, 0.3) is 10.9 Å².